The first-order valence-electron chi connectivity index (χ1n) is 12.6. The largest absolute Gasteiger partial charge is 0.255 e. The van der Waals surface area contributed by atoms with Gasteiger partial charge in [0.1, 0.15) is 0 Å². The van der Waals surface area contributed by atoms with Gasteiger partial charge in [-0.2, -0.15) is 0 Å². The smallest absolute Gasteiger partial charge is 0.0786 e. The van der Waals surface area contributed by atoms with Crippen LogP contribution >= 0.6 is 0 Å². The molecule has 0 radical (unpaired) electrons. The van der Waals surface area contributed by atoms with Gasteiger partial charge >= 0.3 is 0 Å². The second-order valence-electron chi connectivity index (χ2n) is 9.87. The highest BCUT2D eigenvalue weighted by Crippen LogP contribution is 2.59. The van der Waals surface area contributed by atoms with Crippen LogP contribution in [0.25, 0.3) is 44.3 Å². The minimum atomic E-state index is 0.235. The molecular weight excluding hydrogens is 434 g/mol. The van der Waals surface area contributed by atoms with Crippen molar-refractivity contribution >= 4 is 10.9 Å². The molecule has 6 aromatic rings. The summed E-state index contributed by atoms with van der Waals surface area (Å²) in [7, 11) is 0. The van der Waals surface area contributed by atoms with Crippen LogP contribution in [0.1, 0.15) is 34.1 Å². The summed E-state index contributed by atoms with van der Waals surface area (Å²) in [6.45, 7) is 0. The monoisotopic (exact) mass is 457 g/mol. The van der Waals surface area contributed by atoms with Gasteiger partial charge in [0.25, 0.3) is 0 Å². The number of nitrogens with zero attached hydrogens (tertiary/aromatic N) is 1. The van der Waals surface area contributed by atoms with Gasteiger partial charge in [0.2, 0.25) is 0 Å². The third-order valence-corrected chi connectivity index (χ3v) is 8.13. The van der Waals surface area contributed by atoms with Gasteiger partial charge in [-0.1, -0.05) is 121 Å². The van der Waals surface area contributed by atoms with Gasteiger partial charge in [-0.05, 0) is 50.1 Å². The second-order valence-corrected chi connectivity index (χ2v) is 9.87. The maximum Gasteiger partial charge on any atom is 0.0786 e. The Morgan fingerprint density at radius 3 is 1.64 bits per heavy atom. The molecular formula is C35H23N. The quantitative estimate of drug-likeness (QED) is 0.240. The minimum absolute atomic E-state index is 0.235. The van der Waals surface area contributed by atoms with Crippen molar-refractivity contribution in [3.8, 4) is 33.4 Å². The maximum absolute atomic E-state index is 5.16. The molecule has 0 aliphatic heterocycles. The Kier molecular flexibility index (Phi) is 4.12. The molecule has 0 N–H and O–H groups in total. The molecule has 0 amide bonds. The molecule has 2 aliphatic rings. The zero-order valence-corrected chi connectivity index (χ0v) is 19.7. The van der Waals surface area contributed by atoms with E-state index in [0.717, 1.165) is 5.52 Å². The van der Waals surface area contributed by atoms with E-state index in [1.807, 2.05) is 0 Å². The van der Waals surface area contributed by atoms with Crippen LogP contribution in [0.4, 0.5) is 0 Å². The lowest BCUT2D eigenvalue weighted by Crippen LogP contribution is -2.24. The Labute approximate surface area is 210 Å². The van der Waals surface area contributed by atoms with E-state index in [2.05, 4.69) is 128 Å². The van der Waals surface area contributed by atoms with Crippen LogP contribution in [0.15, 0.2) is 128 Å². The Morgan fingerprint density at radius 2 is 0.944 bits per heavy atom. The third-order valence-electron chi connectivity index (χ3n) is 8.13. The lowest BCUT2D eigenvalue weighted by Gasteiger charge is -2.41. The molecule has 0 bridgehead atoms. The van der Waals surface area contributed by atoms with E-state index < -0.39 is 0 Å². The van der Waals surface area contributed by atoms with Crippen molar-refractivity contribution in [2.45, 2.75) is 11.8 Å². The number of hydrogen-bond acceptors (Lipinski definition) is 1. The van der Waals surface area contributed by atoms with Crippen molar-refractivity contribution in [3.63, 3.8) is 0 Å². The SMILES string of the molecule is c1ccc(-c2cccc3c4c(cnc23)C2c3ccccc3-c3ccccc3C2c2ccccc2-4)cc1. The first-order chi connectivity index (χ1) is 17.9. The number of para-hydroxylation sites is 1. The highest BCUT2D eigenvalue weighted by atomic mass is 14.7. The topological polar surface area (TPSA) is 12.9 Å². The molecule has 1 heteroatoms. The van der Waals surface area contributed by atoms with Crippen molar-refractivity contribution in [1.82, 2.24) is 4.98 Å². The van der Waals surface area contributed by atoms with E-state index in [4.69, 9.17) is 4.98 Å². The molecule has 8 rings (SSSR count). The number of hydrogen-bond donors (Lipinski definition) is 0. The second kappa shape index (κ2) is 7.50. The molecule has 5 aromatic carbocycles. The van der Waals surface area contributed by atoms with Gasteiger partial charge in [-0.25, -0.2) is 0 Å². The predicted octanol–water partition coefficient (Wildman–Crippen LogP) is 8.83. The van der Waals surface area contributed by atoms with E-state index >= 15 is 0 Å². The lowest BCUT2D eigenvalue weighted by molar-refractivity contribution is 0.675. The summed E-state index contributed by atoms with van der Waals surface area (Å²) in [4.78, 5) is 5.16. The van der Waals surface area contributed by atoms with Crippen molar-refractivity contribution in [3.05, 3.63) is 150 Å². The molecule has 0 saturated heterocycles. The Balaban J connectivity index is 1.49. The molecule has 168 valence electrons. The minimum Gasteiger partial charge on any atom is -0.255 e. The molecule has 2 aliphatic carbocycles. The van der Waals surface area contributed by atoms with Crippen LogP contribution in [-0.4, -0.2) is 4.98 Å². The van der Waals surface area contributed by atoms with Crippen LogP contribution in [0.2, 0.25) is 0 Å². The number of rotatable bonds is 1. The Bertz CT molecular complexity index is 1800. The molecule has 0 saturated carbocycles. The van der Waals surface area contributed by atoms with Crippen molar-refractivity contribution in [2.75, 3.05) is 0 Å². The van der Waals surface area contributed by atoms with Gasteiger partial charge in [0.15, 0.2) is 0 Å². The van der Waals surface area contributed by atoms with Gasteiger partial charge in [0.05, 0.1) is 5.52 Å². The standard InChI is InChI=1S/C35H23N/c1-2-11-22(12-3-1)23-19-10-20-30-32-28-17-8-9-18-29(28)33-26-15-6-4-13-24(26)25-14-5-7-16-27(25)34(33)31(32)21-36-35(23)30/h1-21,33-34H. The number of benzene rings is 5. The van der Waals surface area contributed by atoms with Crippen LogP contribution in [0.5, 0.6) is 0 Å². The highest BCUT2D eigenvalue weighted by molar-refractivity contribution is 6.05. The Morgan fingerprint density at radius 1 is 0.417 bits per heavy atom. The van der Waals surface area contributed by atoms with E-state index in [9.17, 15) is 0 Å². The average Bonchev–Trinajstić information content (AvgIpc) is 2.96. The molecule has 0 fully saturated rings. The number of pyridine rings is 1. The van der Waals surface area contributed by atoms with E-state index in [1.165, 1.54) is 61.0 Å². The van der Waals surface area contributed by atoms with Crippen molar-refractivity contribution < 1.29 is 0 Å². The molecule has 1 aromatic heterocycles. The summed E-state index contributed by atoms with van der Waals surface area (Å²) in [6.07, 6.45) is 2.17. The summed E-state index contributed by atoms with van der Waals surface area (Å²) in [5.74, 6) is 0.509. The number of aromatic nitrogens is 1. The van der Waals surface area contributed by atoms with Crippen molar-refractivity contribution in [2.24, 2.45) is 0 Å². The highest BCUT2D eigenvalue weighted by Gasteiger charge is 2.41. The number of fused-ring (bicyclic) bond motifs is 13. The van der Waals surface area contributed by atoms with E-state index in [0.29, 0.717) is 0 Å². The average molecular weight is 458 g/mol. The maximum atomic E-state index is 5.16. The molecule has 1 nitrogen and oxygen atoms in total. The third kappa shape index (κ3) is 2.63. The van der Waals surface area contributed by atoms with Crippen LogP contribution in [-0.2, 0) is 0 Å². The van der Waals surface area contributed by atoms with Gasteiger partial charge < -0.3 is 0 Å². The summed E-state index contributed by atoms with van der Waals surface area (Å²) in [5, 5.41) is 1.23. The molecule has 2 atom stereocenters. The molecule has 1 heterocycles. The van der Waals surface area contributed by atoms with Gasteiger partial charge in [-0.3, -0.25) is 4.98 Å². The molecule has 36 heavy (non-hydrogen) atoms. The summed E-state index contributed by atoms with van der Waals surface area (Å²) < 4.78 is 0. The Hall–Kier alpha value is -4.49. The molecule has 0 spiro atoms. The summed E-state index contributed by atoms with van der Waals surface area (Å²) in [5.41, 5.74) is 14.4. The summed E-state index contributed by atoms with van der Waals surface area (Å²) in [6, 6.07) is 44.2. The fraction of sp³-hybridized carbons (Fsp3) is 0.0571. The zero-order chi connectivity index (χ0) is 23.6. The lowest BCUT2D eigenvalue weighted by atomic mass is 9.61. The van der Waals surface area contributed by atoms with E-state index in [-0.39, 0.29) is 11.8 Å². The molecule has 2 unspecified atom stereocenters. The summed E-state index contributed by atoms with van der Waals surface area (Å²) >= 11 is 0. The predicted molar refractivity (Wildman–Crippen MR) is 148 cm³/mol. The van der Waals surface area contributed by atoms with Crippen LogP contribution in [0.3, 0.4) is 0 Å². The zero-order valence-electron chi connectivity index (χ0n) is 19.7. The van der Waals surface area contributed by atoms with Crippen LogP contribution in [0, 0.1) is 0 Å². The van der Waals surface area contributed by atoms with Gasteiger partial charge in [-0.15, -0.1) is 0 Å². The first kappa shape index (κ1) is 19.8. The van der Waals surface area contributed by atoms with Crippen molar-refractivity contribution in [1.29, 1.82) is 0 Å². The normalized spacial score (nSPS) is 16.9. The first-order valence-corrected chi connectivity index (χ1v) is 12.6. The fourth-order valence-electron chi connectivity index (χ4n) is 6.70. The van der Waals surface area contributed by atoms with Crippen LogP contribution < -0.4 is 0 Å². The van der Waals surface area contributed by atoms with E-state index in [1.54, 1.807) is 0 Å². The fourth-order valence-corrected chi connectivity index (χ4v) is 6.70. The van der Waals surface area contributed by atoms with Gasteiger partial charge in [0, 0.05) is 29.0 Å².